The molecule has 0 aliphatic carbocycles. The van der Waals surface area contributed by atoms with Crippen molar-refractivity contribution in [2.24, 2.45) is 0 Å². The molecule has 4 heterocycles. The van der Waals surface area contributed by atoms with E-state index in [0.29, 0.717) is 46.9 Å². The Morgan fingerprint density at radius 3 is 2.53 bits per heavy atom. The summed E-state index contributed by atoms with van der Waals surface area (Å²) in [6, 6.07) is 13.5. The number of ether oxygens (including phenoxy) is 2. The highest BCUT2D eigenvalue weighted by Crippen LogP contribution is 2.33. The topological polar surface area (TPSA) is 84.1 Å². The van der Waals surface area contributed by atoms with Crippen LogP contribution < -0.4 is 15.0 Å². The van der Waals surface area contributed by atoms with E-state index < -0.39 is 0 Å². The Bertz CT molecular complexity index is 1580. The first kappa shape index (κ1) is 18.8. The Morgan fingerprint density at radius 2 is 1.72 bits per heavy atom. The van der Waals surface area contributed by atoms with E-state index in [0.717, 1.165) is 28.8 Å². The lowest BCUT2D eigenvalue weighted by molar-refractivity contribution is 0.174. The molecule has 1 aliphatic rings. The lowest BCUT2D eigenvalue weighted by atomic mass is 10.2. The Morgan fingerprint density at radius 1 is 0.938 bits per heavy atom. The average molecular weight is 427 g/mol. The molecule has 6 rings (SSSR count). The molecule has 1 aliphatic heterocycles. The zero-order valence-electron chi connectivity index (χ0n) is 17.8. The maximum absolute atomic E-state index is 13.5. The molecule has 8 heteroatoms. The normalized spacial score (nSPS) is 12.9. The fourth-order valence-corrected chi connectivity index (χ4v) is 4.36. The van der Waals surface area contributed by atoms with Crippen molar-refractivity contribution < 1.29 is 9.47 Å². The molecule has 0 bridgehead atoms. The lowest BCUT2D eigenvalue weighted by Gasteiger charge is -2.10. The molecule has 0 atom stereocenters. The smallest absolute Gasteiger partial charge is 0.265 e. The quantitative estimate of drug-likeness (QED) is 0.434. The van der Waals surface area contributed by atoms with Crippen LogP contribution in [0, 0.1) is 6.92 Å². The van der Waals surface area contributed by atoms with E-state index in [1.807, 2.05) is 60.9 Å². The molecule has 3 aromatic heterocycles. The van der Waals surface area contributed by atoms with E-state index in [-0.39, 0.29) is 12.4 Å². The predicted octanol–water partition coefficient (Wildman–Crippen LogP) is 3.79. The van der Waals surface area contributed by atoms with Crippen molar-refractivity contribution in [2.75, 3.05) is 6.79 Å². The first-order valence-corrected chi connectivity index (χ1v) is 10.7. The number of hydrogen-bond donors (Lipinski definition) is 0. The molecular weight excluding hydrogens is 406 g/mol. The number of rotatable bonds is 4. The van der Waals surface area contributed by atoms with Gasteiger partial charge in [0.05, 0.1) is 17.6 Å². The number of fused-ring (bicyclic) bond motifs is 5. The third-order valence-corrected chi connectivity index (χ3v) is 5.87. The number of nitrogens with zero attached hydrogens (tertiary/aromatic N) is 5. The molecule has 0 N–H and O–H groups in total. The van der Waals surface area contributed by atoms with Gasteiger partial charge in [-0.25, -0.2) is 15.0 Å². The number of para-hydroxylation sites is 2. The molecule has 8 nitrogen and oxygen atoms in total. The van der Waals surface area contributed by atoms with Crippen molar-refractivity contribution in [2.45, 2.75) is 33.4 Å². The van der Waals surface area contributed by atoms with Crippen LogP contribution in [0.2, 0.25) is 0 Å². The molecule has 0 spiro atoms. The highest BCUT2D eigenvalue weighted by Gasteiger charge is 2.22. The zero-order chi connectivity index (χ0) is 21.8. The van der Waals surface area contributed by atoms with Crippen molar-refractivity contribution in [3.8, 4) is 11.5 Å². The van der Waals surface area contributed by atoms with Gasteiger partial charge < -0.3 is 14.0 Å². The highest BCUT2D eigenvalue weighted by atomic mass is 16.7. The second kappa shape index (κ2) is 7.05. The standard InChI is InChI=1S/C24H21N5O3/c1-3-10-28-14(2)25-22-20(24(28)30)21-23(27-17-7-5-4-6-16(17)26-21)29(22)12-15-8-9-18-19(11-15)32-13-31-18/h4-9,11H,3,10,12-13H2,1-2H3. The number of aryl methyl sites for hydroxylation is 1. The van der Waals surface area contributed by atoms with Crippen LogP contribution in [0.5, 0.6) is 11.5 Å². The molecule has 0 fully saturated rings. The van der Waals surface area contributed by atoms with E-state index in [4.69, 9.17) is 24.4 Å². The predicted molar refractivity (Wildman–Crippen MR) is 121 cm³/mol. The van der Waals surface area contributed by atoms with Gasteiger partial charge in [-0.05, 0) is 43.2 Å². The summed E-state index contributed by atoms with van der Waals surface area (Å²) >= 11 is 0. The molecule has 0 radical (unpaired) electrons. The van der Waals surface area contributed by atoms with Crippen LogP contribution in [0.15, 0.2) is 47.3 Å². The number of aromatic nitrogens is 5. The Hall–Kier alpha value is -3.94. The van der Waals surface area contributed by atoms with Crippen LogP contribution in [0.25, 0.3) is 33.2 Å². The van der Waals surface area contributed by atoms with E-state index in [9.17, 15) is 4.79 Å². The van der Waals surface area contributed by atoms with Crippen molar-refractivity contribution in [1.29, 1.82) is 0 Å². The van der Waals surface area contributed by atoms with Crippen LogP contribution in [0.4, 0.5) is 0 Å². The SMILES string of the molecule is CCCn1c(C)nc2c(c1=O)c1nc3ccccc3nc1n2Cc1ccc2c(c1)OCO2. The summed E-state index contributed by atoms with van der Waals surface area (Å²) in [5.41, 5.74) is 4.29. The molecule has 32 heavy (non-hydrogen) atoms. The Labute approximate surface area is 183 Å². The minimum Gasteiger partial charge on any atom is -0.454 e. The van der Waals surface area contributed by atoms with E-state index in [2.05, 4.69) is 0 Å². The van der Waals surface area contributed by atoms with Crippen molar-refractivity contribution in [3.05, 3.63) is 64.2 Å². The van der Waals surface area contributed by atoms with Crippen molar-refractivity contribution in [3.63, 3.8) is 0 Å². The maximum Gasteiger partial charge on any atom is 0.265 e. The Kier molecular flexibility index (Phi) is 4.14. The van der Waals surface area contributed by atoms with E-state index in [1.54, 1.807) is 4.57 Å². The number of benzene rings is 2. The molecular formula is C24H21N5O3. The zero-order valence-corrected chi connectivity index (χ0v) is 17.8. The highest BCUT2D eigenvalue weighted by molar-refractivity contribution is 6.04. The molecule has 2 aromatic carbocycles. The van der Waals surface area contributed by atoms with Crippen LogP contribution in [0.1, 0.15) is 24.7 Å². The molecule has 0 saturated heterocycles. The first-order chi connectivity index (χ1) is 15.6. The molecule has 5 aromatic rings. The van der Waals surface area contributed by atoms with Gasteiger partial charge in [0.25, 0.3) is 5.56 Å². The van der Waals surface area contributed by atoms with Gasteiger partial charge in [-0.1, -0.05) is 25.1 Å². The second-order valence-corrected chi connectivity index (χ2v) is 7.97. The van der Waals surface area contributed by atoms with Gasteiger partial charge >= 0.3 is 0 Å². The summed E-state index contributed by atoms with van der Waals surface area (Å²) in [5, 5.41) is 0.512. The fourth-order valence-electron chi connectivity index (χ4n) is 4.36. The van der Waals surface area contributed by atoms with Crippen LogP contribution in [0.3, 0.4) is 0 Å². The van der Waals surface area contributed by atoms with Gasteiger partial charge in [0.1, 0.15) is 16.7 Å². The molecule has 0 saturated carbocycles. The molecule has 0 amide bonds. The summed E-state index contributed by atoms with van der Waals surface area (Å²) in [5.74, 6) is 2.14. The van der Waals surface area contributed by atoms with Gasteiger partial charge in [-0.3, -0.25) is 9.36 Å². The second-order valence-electron chi connectivity index (χ2n) is 7.97. The van der Waals surface area contributed by atoms with Gasteiger partial charge in [0, 0.05) is 6.54 Å². The van der Waals surface area contributed by atoms with E-state index in [1.165, 1.54) is 0 Å². The summed E-state index contributed by atoms with van der Waals surface area (Å²) < 4.78 is 14.7. The minimum atomic E-state index is -0.0756. The molecule has 160 valence electrons. The van der Waals surface area contributed by atoms with Gasteiger partial charge in [0.15, 0.2) is 22.8 Å². The molecule has 0 unspecified atom stereocenters. The third kappa shape index (κ3) is 2.76. The monoisotopic (exact) mass is 427 g/mol. The van der Waals surface area contributed by atoms with Crippen LogP contribution in [-0.2, 0) is 13.1 Å². The fraction of sp³-hybridized carbons (Fsp3) is 0.250. The van der Waals surface area contributed by atoms with E-state index >= 15 is 0 Å². The van der Waals surface area contributed by atoms with Crippen LogP contribution in [-0.4, -0.2) is 30.9 Å². The third-order valence-electron chi connectivity index (χ3n) is 5.87. The first-order valence-electron chi connectivity index (χ1n) is 10.7. The summed E-state index contributed by atoms with van der Waals surface area (Å²) in [7, 11) is 0. The number of hydrogen-bond acceptors (Lipinski definition) is 6. The lowest BCUT2D eigenvalue weighted by Crippen LogP contribution is -2.24. The van der Waals surface area contributed by atoms with Crippen LogP contribution >= 0.6 is 0 Å². The van der Waals surface area contributed by atoms with Gasteiger partial charge in [-0.2, -0.15) is 0 Å². The summed E-state index contributed by atoms with van der Waals surface area (Å²) in [6.07, 6.45) is 0.846. The van der Waals surface area contributed by atoms with Crippen molar-refractivity contribution in [1.82, 2.24) is 24.1 Å². The van der Waals surface area contributed by atoms with Crippen molar-refractivity contribution >= 4 is 33.2 Å². The average Bonchev–Trinajstić information content (AvgIpc) is 3.38. The summed E-state index contributed by atoms with van der Waals surface area (Å²) in [4.78, 5) is 28.1. The maximum atomic E-state index is 13.5. The van der Waals surface area contributed by atoms with Gasteiger partial charge in [0.2, 0.25) is 6.79 Å². The Balaban J connectivity index is 1.66. The minimum absolute atomic E-state index is 0.0756. The van der Waals surface area contributed by atoms with Gasteiger partial charge in [-0.15, -0.1) is 0 Å². The largest absolute Gasteiger partial charge is 0.454 e. The summed E-state index contributed by atoms with van der Waals surface area (Å²) in [6.45, 7) is 5.24.